The quantitative estimate of drug-likeness (QED) is 0.0916. The highest BCUT2D eigenvalue weighted by Crippen LogP contribution is 2.45. The Labute approximate surface area is 240 Å². The van der Waals surface area contributed by atoms with Gasteiger partial charge in [0.25, 0.3) is 0 Å². The van der Waals surface area contributed by atoms with Crippen molar-refractivity contribution in [1.29, 1.82) is 0 Å². The summed E-state index contributed by atoms with van der Waals surface area (Å²) in [4.78, 5) is 25.8. The second-order valence-corrected chi connectivity index (χ2v) is 9.46. The maximum absolute atomic E-state index is 12.9. The molecule has 5 rings (SSSR count). The van der Waals surface area contributed by atoms with E-state index in [1.807, 2.05) is 0 Å². The van der Waals surface area contributed by atoms with Gasteiger partial charge in [-0.2, -0.15) is 0 Å². The molecule has 0 bridgehead atoms. The van der Waals surface area contributed by atoms with Crippen molar-refractivity contribution in [3.63, 3.8) is 0 Å². The molecule has 14 nitrogen and oxygen atoms in total. The van der Waals surface area contributed by atoms with E-state index in [0.717, 1.165) is 30.3 Å². The fourth-order valence-corrected chi connectivity index (χ4v) is 4.36. The monoisotopic (exact) mass is 594 g/mol. The molecule has 0 aliphatic carbocycles. The van der Waals surface area contributed by atoms with Gasteiger partial charge in [0.05, 0.1) is 17.2 Å². The average molecular weight is 594 g/mol. The molecule has 0 fully saturated rings. The van der Waals surface area contributed by atoms with Crippen molar-refractivity contribution in [2.75, 3.05) is 0 Å². The summed E-state index contributed by atoms with van der Waals surface area (Å²) in [6.45, 7) is 0. The molecule has 14 heteroatoms. The summed E-state index contributed by atoms with van der Waals surface area (Å²) < 4.78 is 16.7. The van der Waals surface area contributed by atoms with E-state index < -0.39 is 70.1 Å². The van der Waals surface area contributed by atoms with Crippen LogP contribution in [0.5, 0.6) is 63.2 Å². The van der Waals surface area contributed by atoms with Crippen LogP contribution in [0.25, 0.3) is 0 Å². The topological polar surface area (TPSA) is 244 Å². The number of rotatable bonds is 5. The van der Waals surface area contributed by atoms with E-state index in [1.54, 1.807) is 0 Å². The van der Waals surface area contributed by atoms with E-state index in [-0.39, 0.29) is 45.9 Å². The van der Waals surface area contributed by atoms with Crippen LogP contribution < -0.4 is 14.2 Å². The third kappa shape index (κ3) is 5.49. The van der Waals surface area contributed by atoms with E-state index in [2.05, 4.69) is 0 Å². The van der Waals surface area contributed by atoms with Crippen molar-refractivity contribution >= 4 is 11.9 Å². The van der Waals surface area contributed by atoms with Crippen molar-refractivity contribution < 1.29 is 69.8 Å². The lowest BCUT2D eigenvalue weighted by Crippen LogP contribution is -2.31. The average Bonchev–Trinajstić information content (AvgIpc) is 2.95. The second kappa shape index (κ2) is 10.8. The number of aliphatic hydroxyl groups excluding tert-OH is 1. The summed E-state index contributed by atoms with van der Waals surface area (Å²) in [5.41, 5.74) is -0.354. The fourth-order valence-electron chi connectivity index (χ4n) is 4.36. The van der Waals surface area contributed by atoms with Crippen LogP contribution in [-0.2, 0) is 6.42 Å². The number of phenols is 8. The Kier molecular flexibility index (Phi) is 7.13. The molecular weight excluding hydrogens is 572 g/mol. The SMILES string of the molecule is O=C(Oc1cc(OC(=O)c2cc(O)c(O)c(O)c2)c2c(c1)OC(c1ccc(O)c(O)c1)C(O)C2)c1cc(O)c(O)c(O)c1. The van der Waals surface area contributed by atoms with E-state index >= 15 is 0 Å². The molecule has 0 aromatic heterocycles. The predicted molar refractivity (Wildman–Crippen MR) is 142 cm³/mol. The van der Waals surface area contributed by atoms with E-state index in [4.69, 9.17) is 14.2 Å². The fraction of sp³-hybridized carbons (Fsp3) is 0.103. The van der Waals surface area contributed by atoms with Crippen LogP contribution in [0.3, 0.4) is 0 Å². The number of carbonyl (C=O) groups excluding carboxylic acids is 2. The lowest BCUT2D eigenvalue weighted by Gasteiger charge is -2.32. The Morgan fingerprint density at radius 1 is 0.651 bits per heavy atom. The van der Waals surface area contributed by atoms with Gasteiger partial charge >= 0.3 is 11.9 Å². The standard InChI is InChI=1S/C29H22O14/c30-16-2-1-11(3-17(16)31)27-22(36)10-15-23(42-27)8-14(41-28(39)12-4-18(32)25(37)19(33)5-12)9-24(15)43-29(40)13-6-20(34)26(38)21(35)7-13/h1-9,22,27,30-38H,10H2. The number of aliphatic hydroxyl groups is 1. The third-order valence-corrected chi connectivity index (χ3v) is 6.51. The Bertz CT molecular complexity index is 1730. The predicted octanol–water partition coefficient (Wildman–Crippen LogP) is 2.81. The first kappa shape index (κ1) is 28.5. The molecule has 1 heterocycles. The molecule has 43 heavy (non-hydrogen) atoms. The molecule has 2 atom stereocenters. The normalized spacial score (nSPS) is 15.7. The number of phenolic OH excluding ortho intramolecular Hbond substituents is 8. The maximum atomic E-state index is 12.9. The van der Waals surface area contributed by atoms with Crippen LogP contribution in [0, 0.1) is 0 Å². The van der Waals surface area contributed by atoms with Crippen LogP contribution in [0.2, 0.25) is 0 Å². The van der Waals surface area contributed by atoms with Gasteiger partial charge in [-0.1, -0.05) is 6.07 Å². The van der Waals surface area contributed by atoms with Crippen molar-refractivity contribution in [1.82, 2.24) is 0 Å². The molecule has 222 valence electrons. The van der Waals surface area contributed by atoms with E-state index in [1.165, 1.54) is 24.3 Å². The van der Waals surface area contributed by atoms with Crippen LogP contribution in [0.1, 0.15) is 37.9 Å². The highest BCUT2D eigenvalue weighted by atomic mass is 16.6. The first-order chi connectivity index (χ1) is 20.3. The number of ether oxygens (including phenoxy) is 3. The molecule has 2 unspecified atom stereocenters. The number of benzene rings is 4. The Morgan fingerprint density at radius 2 is 1.19 bits per heavy atom. The molecule has 0 amide bonds. The molecule has 1 aliphatic rings. The van der Waals surface area contributed by atoms with E-state index in [9.17, 15) is 55.5 Å². The summed E-state index contributed by atoms with van der Waals surface area (Å²) in [6.07, 6.45) is -2.57. The lowest BCUT2D eigenvalue weighted by atomic mass is 9.93. The van der Waals surface area contributed by atoms with Gasteiger partial charge in [0.1, 0.15) is 23.4 Å². The maximum Gasteiger partial charge on any atom is 0.343 e. The minimum absolute atomic E-state index is 0.0382. The van der Waals surface area contributed by atoms with Gasteiger partial charge in [0, 0.05) is 24.1 Å². The minimum Gasteiger partial charge on any atom is -0.504 e. The first-order valence-electron chi connectivity index (χ1n) is 12.3. The summed E-state index contributed by atoms with van der Waals surface area (Å²) in [5.74, 6) is -8.67. The molecule has 0 spiro atoms. The van der Waals surface area contributed by atoms with Gasteiger partial charge in [-0.3, -0.25) is 0 Å². The van der Waals surface area contributed by atoms with Crippen molar-refractivity contribution in [2.45, 2.75) is 18.6 Å². The highest BCUT2D eigenvalue weighted by Gasteiger charge is 2.34. The zero-order valence-electron chi connectivity index (χ0n) is 21.6. The number of hydrogen-bond acceptors (Lipinski definition) is 14. The number of hydrogen-bond donors (Lipinski definition) is 9. The van der Waals surface area contributed by atoms with Gasteiger partial charge in [-0.05, 0) is 42.0 Å². The molecule has 4 aromatic rings. The first-order valence-corrected chi connectivity index (χ1v) is 12.3. The Morgan fingerprint density at radius 3 is 1.72 bits per heavy atom. The highest BCUT2D eigenvalue weighted by molar-refractivity contribution is 5.94. The second-order valence-electron chi connectivity index (χ2n) is 9.46. The summed E-state index contributed by atoms with van der Waals surface area (Å²) >= 11 is 0. The third-order valence-electron chi connectivity index (χ3n) is 6.51. The zero-order valence-corrected chi connectivity index (χ0v) is 21.6. The molecule has 0 saturated heterocycles. The van der Waals surface area contributed by atoms with Crippen molar-refractivity contribution in [2.24, 2.45) is 0 Å². The number of fused-ring (bicyclic) bond motifs is 1. The van der Waals surface area contributed by atoms with Crippen LogP contribution in [0.15, 0.2) is 54.6 Å². The summed E-state index contributed by atoms with van der Waals surface area (Å²) in [6, 6.07) is 9.40. The van der Waals surface area contributed by atoms with Crippen LogP contribution in [0.4, 0.5) is 0 Å². The number of aromatic hydroxyl groups is 8. The van der Waals surface area contributed by atoms with E-state index in [0.29, 0.717) is 0 Å². The lowest BCUT2D eigenvalue weighted by molar-refractivity contribution is 0.0193. The molecule has 4 aromatic carbocycles. The van der Waals surface area contributed by atoms with Gasteiger partial charge < -0.3 is 60.2 Å². The molecule has 9 N–H and O–H groups in total. The number of carbonyl (C=O) groups is 2. The van der Waals surface area contributed by atoms with Gasteiger partial charge in [-0.25, -0.2) is 9.59 Å². The Hall–Kier alpha value is -6.02. The van der Waals surface area contributed by atoms with Gasteiger partial charge in [0.2, 0.25) is 0 Å². The van der Waals surface area contributed by atoms with Gasteiger partial charge in [-0.15, -0.1) is 0 Å². The smallest absolute Gasteiger partial charge is 0.343 e. The molecule has 0 saturated carbocycles. The molecule has 0 radical (unpaired) electrons. The van der Waals surface area contributed by atoms with Gasteiger partial charge in [0.15, 0.2) is 46.0 Å². The minimum atomic E-state index is -1.27. The van der Waals surface area contributed by atoms with Crippen molar-refractivity contribution in [3.05, 3.63) is 76.9 Å². The number of esters is 2. The summed E-state index contributed by atoms with van der Waals surface area (Å²) in [5, 5.41) is 88.7. The zero-order chi connectivity index (χ0) is 31.2. The molecular formula is C29H22O14. The van der Waals surface area contributed by atoms with Crippen LogP contribution >= 0.6 is 0 Å². The molecule has 1 aliphatic heterocycles. The van der Waals surface area contributed by atoms with Crippen molar-refractivity contribution in [3.8, 4) is 63.2 Å². The largest absolute Gasteiger partial charge is 0.504 e. The Balaban J connectivity index is 1.54. The summed E-state index contributed by atoms with van der Waals surface area (Å²) in [7, 11) is 0. The van der Waals surface area contributed by atoms with Crippen LogP contribution in [-0.4, -0.2) is 64.0 Å².